The zero-order valence-electron chi connectivity index (χ0n) is 13.1. The first kappa shape index (κ1) is 16.3. The Morgan fingerprint density at radius 1 is 1.26 bits per heavy atom. The molecule has 1 aromatic carbocycles. The van der Waals surface area contributed by atoms with E-state index in [0.717, 1.165) is 60.5 Å². The molecule has 2 heterocycles. The molecule has 1 aliphatic heterocycles. The molecule has 0 radical (unpaired) electrons. The van der Waals surface area contributed by atoms with Crippen LogP contribution in [0.5, 0.6) is 0 Å². The summed E-state index contributed by atoms with van der Waals surface area (Å²) in [5, 5.41) is 3.38. The summed E-state index contributed by atoms with van der Waals surface area (Å²) in [6.07, 6.45) is 2.71. The monoisotopic (exact) mass is 376 g/mol. The number of carbonyl (C=O) groups excluding carboxylic acids is 1. The number of carbonyl (C=O) groups is 1. The number of nitrogens with zero attached hydrogens (tertiary/aromatic N) is 1. The first-order valence-corrected chi connectivity index (χ1v) is 8.85. The Labute approximate surface area is 145 Å². The summed E-state index contributed by atoms with van der Waals surface area (Å²) in [5.74, 6) is 2.11. The second-order valence-corrected chi connectivity index (χ2v) is 6.71. The molecule has 1 aromatic heterocycles. The average Bonchev–Trinajstić information content (AvgIpc) is 3.17. The number of hydrogen-bond acceptors (Lipinski definition) is 3. The Morgan fingerprint density at radius 2 is 2.17 bits per heavy atom. The summed E-state index contributed by atoms with van der Waals surface area (Å²) in [6.45, 7) is 3.37. The number of rotatable bonds is 7. The van der Waals surface area contributed by atoms with Crippen molar-refractivity contribution in [2.45, 2.75) is 25.8 Å². The van der Waals surface area contributed by atoms with Crippen LogP contribution in [0.25, 0.3) is 11.3 Å². The molecule has 0 saturated carbocycles. The molecule has 0 atom stereocenters. The maximum atomic E-state index is 11.5. The van der Waals surface area contributed by atoms with Gasteiger partial charge in [-0.2, -0.15) is 0 Å². The van der Waals surface area contributed by atoms with E-state index in [4.69, 9.17) is 4.42 Å². The Morgan fingerprint density at radius 3 is 2.96 bits per heavy atom. The van der Waals surface area contributed by atoms with Gasteiger partial charge >= 0.3 is 0 Å². The third-order valence-corrected chi connectivity index (χ3v) is 4.52. The van der Waals surface area contributed by atoms with E-state index in [2.05, 4.69) is 21.2 Å². The van der Waals surface area contributed by atoms with Crippen LogP contribution in [0.4, 0.5) is 0 Å². The molecular weight excluding hydrogens is 356 g/mol. The van der Waals surface area contributed by atoms with Gasteiger partial charge in [0.05, 0.1) is 6.54 Å². The van der Waals surface area contributed by atoms with E-state index >= 15 is 0 Å². The van der Waals surface area contributed by atoms with Gasteiger partial charge in [-0.3, -0.25) is 4.79 Å². The van der Waals surface area contributed by atoms with Crippen molar-refractivity contribution in [3.8, 4) is 11.3 Å². The third kappa shape index (κ3) is 4.45. The van der Waals surface area contributed by atoms with Crippen LogP contribution in [0, 0.1) is 0 Å². The number of furan rings is 1. The van der Waals surface area contributed by atoms with Gasteiger partial charge in [-0.1, -0.05) is 28.1 Å². The second kappa shape index (κ2) is 7.79. The van der Waals surface area contributed by atoms with Gasteiger partial charge in [-0.25, -0.2) is 0 Å². The summed E-state index contributed by atoms with van der Waals surface area (Å²) in [6, 6.07) is 12.1. The van der Waals surface area contributed by atoms with E-state index in [9.17, 15) is 4.79 Å². The predicted octanol–water partition coefficient (Wildman–Crippen LogP) is 3.81. The van der Waals surface area contributed by atoms with E-state index in [1.807, 2.05) is 41.3 Å². The van der Waals surface area contributed by atoms with Crippen molar-refractivity contribution in [1.29, 1.82) is 0 Å². The summed E-state index contributed by atoms with van der Waals surface area (Å²) >= 11 is 3.48. The molecule has 122 valence electrons. The van der Waals surface area contributed by atoms with Crippen molar-refractivity contribution in [2.75, 3.05) is 19.6 Å². The standard InChI is InChI=1S/C18H21BrN2O2/c19-15-5-1-4-14(12-15)17-8-7-16(23-17)13-20-9-3-11-21-10-2-6-18(21)22/h1,4-5,7-8,12,20H,2-3,6,9-11,13H2. The fourth-order valence-electron chi connectivity index (χ4n) is 2.82. The fraction of sp³-hybridized carbons (Fsp3) is 0.389. The summed E-state index contributed by atoms with van der Waals surface area (Å²) in [7, 11) is 0. The van der Waals surface area contributed by atoms with Crippen LogP contribution in [0.3, 0.4) is 0 Å². The highest BCUT2D eigenvalue weighted by Gasteiger charge is 2.18. The molecule has 1 aliphatic rings. The normalized spacial score (nSPS) is 14.7. The number of benzene rings is 1. The van der Waals surface area contributed by atoms with E-state index in [-0.39, 0.29) is 0 Å². The number of likely N-dealkylation sites (tertiary alicyclic amines) is 1. The third-order valence-electron chi connectivity index (χ3n) is 4.02. The number of amides is 1. The van der Waals surface area contributed by atoms with E-state index in [1.165, 1.54) is 0 Å². The first-order valence-electron chi connectivity index (χ1n) is 8.05. The van der Waals surface area contributed by atoms with Crippen molar-refractivity contribution in [1.82, 2.24) is 10.2 Å². The van der Waals surface area contributed by atoms with Crippen LogP contribution in [-0.4, -0.2) is 30.4 Å². The van der Waals surface area contributed by atoms with Crippen molar-refractivity contribution in [3.63, 3.8) is 0 Å². The molecule has 0 unspecified atom stereocenters. The molecule has 3 rings (SSSR count). The average molecular weight is 377 g/mol. The Balaban J connectivity index is 1.42. The highest BCUT2D eigenvalue weighted by molar-refractivity contribution is 9.10. The molecule has 0 bridgehead atoms. The van der Waals surface area contributed by atoms with Gasteiger partial charge in [0.1, 0.15) is 11.5 Å². The van der Waals surface area contributed by atoms with Crippen LogP contribution in [0.1, 0.15) is 25.0 Å². The van der Waals surface area contributed by atoms with Crippen molar-refractivity contribution in [3.05, 3.63) is 46.6 Å². The van der Waals surface area contributed by atoms with Crippen LogP contribution in [0.2, 0.25) is 0 Å². The van der Waals surface area contributed by atoms with Gasteiger partial charge in [-0.15, -0.1) is 0 Å². The van der Waals surface area contributed by atoms with Crippen LogP contribution in [-0.2, 0) is 11.3 Å². The molecule has 0 spiro atoms. The topological polar surface area (TPSA) is 45.5 Å². The minimum atomic E-state index is 0.301. The van der Waals surface area contributed by atoms with Crippen molar-refractivity contribution in [2.24, 2.45) is 0 Å². The molecule has 4 nitrogen and oxygen atoms in total. The lowest BCUT2D eigenvalue weighted by Gasteiger charge is -2.15. The molecule has 1 fully saturated rings. The lowest BCUT2D eigenvalue weighted by molar-refractivity contribution is -0.127. The van der Waals surface area contributed by atoms with Gasteiger partial charge in [0.2, 0.25) is 5.91 Å². The van der Waals surface area contributed by atoms with E-state index in [1.54, 1.807) is 0 Å². The highest BCUT2D eigenvalue weighted by atomic mass is 79.9. The maximum absolute atomic E-state index is 11.5. The molecular formula is C18H21BrN2O2. The maximum Gasteiger partial charge on any atom is 0.222 e. The molecule has 1 saturated heterocycles. The summed E-state index contributed by atoms with van der Waals surface area (Å²) < 4.78 is 6.92. The Bertz CT molecular complexity index is 669. The zero-order chi connectivity index (χ0) is 16.1. The SMILES string of the molecule is O=C1CCCN1CCCNCc1ccc(-c2cccc(Br)c2)o1. The predicted molar refractivity (Wildman–Crippen MR) is 94.0 cm³/mol. The minimum absolute atomic E-state index is 0.301. The van der Waals surface area contributed by atoms with Crippen LogP contribution < -0.4 is 5.32 Å². The zero-order valence-corrected chi connectivity index (χ0v) is 14.6. The minimum Gasteiger partial charge on any atom is -0.460 e. The van der Waals surface area contributed by atoms with Gasteiger partial charge < -0.3 is 14.6 Å². The van der Waals surface area contributed by atoms with Crippen LogP contribution >= 0.6 is 15.9 Å². The molecule has 1 amide bonds. The number of nitrogens with one attached hydrogen (secondary N) is 1. The number of halogens is 1. The largest absolute Gasteiger partial charge is 0.460 e. The van der Waals surface area contributed by atoms with Gasteiger partial charge in [0.25, 0.3) is 0 Å². The van der Waals surface area contributed by atoms with Crippen molar-refractivity contribution < 1.29 is 9.21 Å². The summed E-state index contributed by atoms with van der Waals surface area (Å²) in [5.41, 5.74) is 1.07. The first-order chi connectivity index (χ1) is 11.2. The fourth-order valence-corrected chi connectivity index (χ4v) is 3.22. The highest BCUT2D eigenvalue weighted by Crippen LogP contribution is 2.24. The van der Waals surface area contributed by atoms with Gasteiger partial charge in [0, 0.05) is 29.5 Å². The molecule has 1 N–H and O–H groups in total. The van der Waals surface area contributed by atoms with Crippen molar-refractivity contribution >= 4 is 21.8 Å². The van der Waals surface area contributed by atoms with Crippen LogP contribution in [0.15, 0.2) is 45.3 Å². The van der Waals surface area contributed by atoms with E-state index < -0.39 is 0 Å². The molecule has 0 aliphatic carbocycles. The van der Waals surface area contributed by atoms with Gasteiger partial charge in [0.15, 0.2) is 0 Å². The Hall–Kier alpha value is -1.59. The lowest BCUT2D eigenvalue weighted by Crippen LogP contribution is -2.28. The lowest BCUT2D eigenvalue weighted by atomic mass is 10.2. The van der Waals surface area contributed by atoms with Gasteiger partial charge in [-0.05, 0) is 43.7 Å². The number of hydrogen-bond donors (Lipinski definition) is 1. The molecule has 2 aromatic rings. The summed E-state index contributed by atoms with van der Waals surface area (Å²) in [4.78, 5) is 13.5. The van der Waals surface area contributed by atoms with E-state index in [0.29, 0.717) is 12.5 Å². The molecule has 23 heavy (non-hydrogen) atoms. The quantitative estimate of drug-likeness (QED) is 0.747. The Kier molecular flexibility index (Phi) is 5.51. The smallest absolute Gasteiger partial charge is 0.222 e. The second-order valence-electron chi connectivity index (χ2n) is 5.79. The molecule has 5 heteroatoms.